The number of hydrogen-bond donors (Lipinski definition) is 2. The largest absolute Gasteiger partial charge is 0.390 e. The Hall–Kier alpha value is -1.77. The lowest BCUT2D eigenvalue weighted by Crippen LogP contribution is -2.49. The summed E-state index contributed by atoms with van der Waals surface area (Å²) in [5.41, 5.74) is 1.77. The van der Waals surface area contributed by atoms with E-state index in [4.69, 9.17) is 4.74 Å². The van der Waals surface area contributed by atoms with Crippen LogP contribution in [0.2, 0.25) is 0 Å². The molecule has 132 valence electrons. The Morgan fingerprint density at radius 3 is 2.62 bits per heavy atom. The van der Waals surface area contributed by atoms with Crippen molar-refractivity contribution in [3.05, 3.63) is 23.3 Å². The van der Waals surface area contributed by atoms with Gasteiger partial charge in [0.1, 0.15) is 5.82 Å². The number of aliphatic hydroxyl groups is 1. The van der Waals surface area contributed by atoms with Crippen molar-refractivity contribution < 1.29 is 14.6 Å². The third kappa shape index (κ3) is 4.00. The summed E-state index contributed by atoms with van der Waals surface area (Å²) >= 11 is 0. The number of carbonyl (C=O) groups is 1. The Labute approximate surface area is 141 Å². The summed E-state index contributed by atoms with van der Waals surface area (Å²) in [6.45, 7) is 7.94. The summed E-state index contributed by atoms with van der Waals surface area (Å²) in [5.74, 6) is 0.602. The van der Waals surface area contributed by atoms with Crippen molar-refractivity contribution in [3.8, 4) is 0 Å². The minimum Gasteiger partial charge on any atom is -0.390 e. The Balaban J connectivity index is 1.53. The van der Waals surface area contributed by atoms with E-state index in [1.807, 2.05) is 19.9 Å². The zero-order valence-electron chi connectivity index (χ0n) is 14.2. The van der Waals surface area contributed by atoms with E-state index in [2.05, 4.69) is 20.2 Å². The van der Waals surface area contributed by atoms with Gasteiger partial charge in [-0.05, 0) is 19.9 Å². The summed E-state index contributed by atoms with van der Waals surface area (Å²) in [4.78, 5) is 24.9. The monoisotopic (exact) mass is 335 g/mol. The molecule has 2 atom stereocenters. The number of urea groups is 1. The first-order chi connectivity index (χ1) is 11.5. The number of rotatable bonds is 3. The topological polar surface area (TPSA) is 90.8 Å². The van der Waals surface area contributed by atoms with E-state index in [-0.39, 0.29) is 18.6 Å². The van der Waals surface area contributed by atoms with Crippen molar-refractivity contribution in [3.63, 3.8) is 0 Å². The quantitative estimate of drug-likeness (QED) is 0.787. The van der Waals surface area contributed by atoms with Gasteiger partial charge in [0.15, 0.2) is 0 Å². The molecule has 3 rings (SSSR count). The molecular formula is C16H25N5O3. The van der Waals surface area contributed by atoms with Crippen LogP contribution in [-0.4, -0.2) is 82.4 Å². The molecule has 1 aromatic rings. The number of aliphatic hydroxyl groups excluding tert-OH is 1. The molecule has 2 N–H and O–H groups in total. The van der Waals surface area contributed by atoms with Gasteiger partial charge in [0.2, 0.25) is 0 Å². The third-order valence-electron chi connectivity index (χ3n) is 4.49. The molecule has 8 nitrogen and oxygen atoms in total. The maximum atomic E-state index is 12.4. The number of aromatic nitrogens is 2. The third-order valence-corrected chi connectivity index (χ3v) is 4.49. The molecule has 0 aromatic carbocycles. The highest BCUT2D eigenvalue weighted by Gasteiger charge is 2.38. The summed E-state index contributed by atoms with van der Waals surface area (Å²) in [6, 6.07) is 1.69. The van der Waals surface area contributed by atoms with Gasteiger partial charge in [0, 0.05) is 37.6 Å². The maximum Gasteiger partial charge on any atom is 0.317 e. The molecule has 2 saturated heterocycles. The lowest BCUT2D eigenvalue weighted by Gasteiger charge is -2.33. The number of amides is 2. The first-order valence-corrected chi connectivity index (χ1v) is 8.37. The van der Waals surface area contributed by atoms with Gasteiger partial charge in [-0.3, -0.25) is 4.90 Å². The summed E-state index contributed by atoms with van der Waals surface area (Å²) in [5, 5.41) is 13.1. The van der Waals surface area contributed by atoms with E-state index in [1.165, 1.54) is 0 Å². The Kier molecular flexibility index (Phi) is 5.27. The molecule has 2 fully saturated rings. The van der Waals surface area contributed by atoms with Crippen molar-refractivity contribution in [2.24, 2.45) is 0 Å². The molecule has 0 saturated carbocycles. The van der Waals surface area contributed by atoms with Crippen molar-refractivity contribution in [1.82, 2.24) is 25.1 Å². The van der Waals surface area contributed by atoms with E-state index in [1.54, 1.807) is 4.90 Å². The molecule has 2 amide bonds. The number of hydrogen-bond acceptors (Lipinski definition) is 6. The first kappa shape index (κ1) is 17.1. The molecule has 1 aromatic heterocycles. The molecule has 0 radical (unpaired) electrons. The summed E-state index contributed by atoms with van der Waals surface area (Å²) in [7, 11) is 0. The number of nitrogens with one attached hydrogen (secondary N) is 1. The second-order valence-electron chi connectivity index (χ2n) is 6.41. The Morgan fingerprint density at radius 2 is 1.96 bits per heavy atom. The molecule has 0 unspecified atom stereocenters. The second-order valence-corrected chi connectivity index (χ2v) is 6.41. The minimum atomic E-state index is -0.522. The summed E-state index contributed by atoms with van der Waals surface area (Å²) < 4.78 is 5.35. The van der Waals surface area contributed by atoms with Gasteiger partial charge in [0.05, 0.1) is 31.9 Å². The van der Waals surface area contributed by atoms with Crippen LogP contribution in [-0.2, 0) is 11.3 Å². The van der Waals surface area contributed by atoms with Gasteiger partial charge in [-0.15, -0.1) is 0 Å². The Morgan fingerprint density at radius 1 is 1.29 bits per heavy atom. The van der Waals surface area contributed by atoms with E-state index in [0.717, 1.165) is 24.5 Å². The predicted molar refractivity (Wildman–Crippen MR) is 87.5 cm³/mol. The van der Waals surface area contributed by atoms with Gasteiger partial charge in [-0.25, -0.2) is 14.8 Å². The second kappa shape index (κ2) is 7.42. The molecule has 24 heavy (non-hydrogen) atoms. The zero-order chi connectivity index (χ0) is 17.1. The van der Waals surface area contributed by atoms with Gasteiger partial charge in [-0.2, -0.15) is 0 Å². The minimum absolute atomic E-state index is 0.0166. The lowest BCUT2D eigenvalue weighted by atomic mass is 10.2. The van der Waals surface area contributed by atoms with Crippen LogP contribution in [0.15, 0.2) is 6.07 Å². The molecule has 0 bridgehead atoms. The van der Waals surface area contributed by atoms with Crippen molar-refractivity contribution in [2.45, 2.75) is 32.5 Å². The van der Waals surface area contributed by atoms with E-state index in [9.17, 15) is 9.90 Å². The van der Waals surface area contributed by atoms with Crippen molar-refractivity contribution in [2.75, 3.05) is 39.4 Å². The fourth-order valence-electron chi connectivity index (χ4n) is 3.35. The average molecular weight is 335 g/mol. The van der Waals surface area contributed by atoms with Gasteiger partial charge in [-0.1, -0.05) is 0 Å². The normalized spacial score (nSPS) is 25.0. The van der Waals surface area contributed by atoms with E-state index >= 15 is 0 Å². The number of morpholine rings is 1. The highest BCUT2D eigenvalue weighted by Crippen LogP contribution is 2.17. The van der Waals surface area contributed by atoms with Crippen LogP contribution in [0.4, 0.5) is 4.79 Å². The summed E-state index contributed by atoms with van der Waals surface area (Å²) in [6.07, 6.45) is -0.522. The SMILES string of the molecule is Cc1cc(C)nc(CNC(=O)N2C[C@H](O)[C@@H](N3CCOCC3)C2)n1. The average Bonchev–Trinajstić information content (AvgIpc) is 2.94. The lowest BCUT2D eigenvalue weighted by molar-refractivity contribution is -0.00608. The number of nitrogens with zero attached hydrogens (tertiary/aromatic N) is 4. The standard InChI is InChI=1S/C16H25N5O3/c1-11-7-12(2)19-15(18-11)8-17-16(23)21-9-13(14(22)10-21)20-3-5-24-6-4-20/h7,13-14,22H,3-6,8-10H2,1-2H3,(H,17,23)/t13-,14-/m0/s1. The molecule has 2 aliphatic rings. The number of ether oxygens (including phenoxy) is 1. The Bertz CT molecular complexity index is 571. The predicted octanol–water partition coefficient (Wildman–Crippen LogP) is -0.320. The first-order valence-electron chi connectivity index (χ1n) is 8.37. The van der Waals surface area contributed by atoms with Crippen LogP contribution in [0.3, 0.4) is 0 Å². The molecule has 8 heteroatoms. The van der Waals surface area contributed by atoms with Crippen LogP contribution >= 0.6 is 0 Å². The molecular weight excluding hydrogens is 310 g/mol. The van der Waals surface area contributed by atoms with Crippen LogP contribution < -0.4 is 5.32 Å². The fourth-order valence-corrected chi connectivity index (χ4v) is 3.35. The van der Waals surface area contributed by atoms with Gasteiger partial charge in [0.25, 0.3) is 0 Å². The number of β-amino-alcohol motifs (C(OH)–C–C–N with tert-alkyl or cyclic N) is 1. The number of carbonyl (C=O) groups excluding carboxylic acids is 1. The molecule has 0 spiro atoms. The number of aryl methyl sites for hydroxylation is 2. The fraction of sp³-hybridized carbons (Fsp3) is 0.688. The zero-order valence-corrected chi connectivity index (χ0v) is 14.2. The number of likely N-dealkylation sites (tertiary alicyclic amines) is 1. The van der Waals surface area contributed by atoms with E-state index in [0.29, 0.717) is 32.1 Å². The van der Waals surface area contributed by atoms with Crippen LogP contribution in [0.25, 0.3) is 0 Å². The van der Waals surface area contributed by atoms with Crippen LogP contribution in [0, 0.1) is 13.8 Å². The smallest absolute Gasteiger partial charge is 0.317 e. The highest BCUT2D eigenvalue weighted by molar-refractivity contribution is 5.74. The van der Waals surface area contributed by atoms with Gasteiger partial charge >= 0.3 is 6.03 Å². The highest BCUT2D eigenvalue weighted by atomic mass is 16.5. The van der Waals surface area contributed by atoms with Crippen molar-refractivity contribution >= 4 is 6.03 Å². The molecule has 0 aliphatic carbocycles. The molecule has 2 aliphatic heterocycles. The van der Waals surface area contributed by atoms with Gasteiger partial charge < -0.3 is 20.1 Å². The maximum absolute atomic E-state index is 12.4. The molecule has 3 heterocycles. The van der Waals surface area contributed by atoms with E-state index < -0.39 is 6.10 Å². The van der Waals surface area contributed by atoms with Crippen LogP contribution in [0.1, 0.15) is 17.2 Å². The van der Waals surface area contributed by atoms with Crippen LogP contribution in [0.5, 0.6) is 0 Å². The van der Waals surface area contributed by atoms with Crippen molar-refractivity contribution in [1.29, 1.82) is 0 Å².